The van der Waals surface area contributed by atoms with Gasteiger partial charge in [0.1, 0.15) is 0 Å². The zero-order valence-corrected chi connectivity index (χ0v) is 12.1. The minimum absolute atomic E-state index is 0.192. The Morgan fingerprint density at radius 2 is 2.22 bits per heavy atom. The van der Waals surface area contributed by atoms with Crippen molar-refractivity contribution in [1.29, 1.82) is 0 Å². The fraction of sp³-hybridized carbons (Fsp3) is 0.643. The van der Waals surface area contributed by atoms with Gasteiger partial charge < -0.3 is 5.73 Å². The number of aromatic nitrogens is 1. The van der Waals surface area contributed by atoms with Crippen molar-refractivity contribution in [3.05, 3.63) is 30.1 Å². The molecule has 0 spiro atoms. The van der Waals surface area contributed by atoms with Crippen LogP contribution in [0.25, 0.3) is 0 Å². The van der Waals surface area contributed by atoms with Gasteiger partial charge in [-0.2, -0.15) is 11.8 Å². The highest BCUT2D eigenvalue weighted by molar-refractivity contribution is 8.00. The highest BCUT2D eigenvalue weighted by atomic mass is 32.2. The van der Waals surface area contributed by atoms with Crippen LogP contribution < -0.4 is 5.73 Å². The van der Waals surface area contributed by atoms with Gasteiger partial charge in [-0.1, -0.05) is 6.92 Å². The molecule has 2 rings (SSSR count). The third-order valence-corrected chi connectivity index (χ3v) is 5.64. The Bertz CT molecular complexity index is 371. The molecule has 0 amide bonds. The topological polar surface area (TPSA) is 42.1 Å². The van der Waals surface area contributed by atoms with Crippen molar-refractivity contribution >= 4 is 11.8 Å². The SMILES string of the molecule is CC1SCCC1(CN)N(C)CCc1ccncc1. The Kier molecular flexibility index (Phi) is 4.65. The summed E-state index contributed by atoms with van der Waals surface area (Å²) in [6.07, 6.45) is 6.00. The molecule has 0 aromatic carbocycles. The van der Waals surface area contributed by atoms with Crippen molar-refractivity contribution in [1.82, 2.24) is 9.88 Å². The summed E-state index contributed by atoms with van der Waals surface area (Å²) in [5.41, 5.74) is 7.61. The van der Waals surface area contributed by atoms with Crippen molar-refractivity contribution < 1.29 is 0 Å². The molecule has 2 atom stereocenters. The van der Waals surface area contributed by atoms with Crippen LogP contribution in [0.3, 0.4) is 0 Å². The quantitative estimate of drug-likeness (QED) is 0.881. The molecule has 2 unspecified atom stereocenters. The van der Waals surface area contributed by atoms with E-state index in [4.69, 9.17) is 5.73 Å². The molecular formula is C14H23N3S. The lowest BCUT2D eigenvalue weighted by Gasteiger charge is -2.41. The van der Waals surface area contributed by atoms with Gasteiger partial charge in [0.05, 0.1) is 0 Å². The van der Waals surface area contributed by atoms with Crippen LogP contribution in [0.4, 0.5) is 0 Å². The van der Waals surface area contributed by atoms with Gasteiger partial charge in [-0.05, 0) is 43.3 Å². The fourth-order valence-corrected chi connectivity index (χ4v) is 4.29. The Balaban J connectivity index is 1.96. The lowest BCUT2D eigenvalue weighted by Crippen LogP contribution is -2.56. The van der Waals surface area contributed by atoms with E-state index in [9.17, 15) is 0 Å². The molecule has 4 heteroatoms. The van der Waals surface area contributed by atoms with Gasteiger partial charge in [0, 0.05) is 36.3 Å². The number of thioether (sulfide) groups is 1. The van der Waals surface area contributed by atoms with Crippen molar-refractivity contribution in [3.63, 3.8) is 0 Å². The van der Waals surface area contributed by atoms with E-state index < -0.39 is 0 Å². The average Bonchev–Trinajstić information content (AvgIpc) is 2.79. The molecule has 1 aliphatic rings. The van der Waals surface area contributed by atoms with Gasteiger partial charge in [-0.25, -0.2) is 0 Å². The first-order valence-electron chi connectivity index (χ1n) is 6.61. The van der Waals surface area contributed by atoms with E-state index in [0.717, 1.165) is 19.5 Å². The van der Waals surface area contributed by atoms with Crippen LogP contribution in [-0.2, 0) is 6.42 Å². The second-order valence-corrected chi connectivity index (χ2v) is 6.55. The zero-order valence-electron chi connectivity index (χ0n) is 11.3. The molecule has 3 nitrogen and oxygen atoms in total. The minimum atomic E-state index is 0.192. The summed E-state index contributed by atoms with van der Waals surface area (Å²) in [6.45, 7) is 4.13. The summed E-state index contributed by atoms with van der Waals surface area (Å²) in [7, 11) is 2.22. The lowest BCUT2D eigenvalue weighted by molar-refractivity contribution is 0.131. The Morgan fingerprint density at radius 1 is 1.50 bits per heavy atom. The van der Waals surface area contributed by atoms with E-state index in [1.165, 1.54) is 17.7 Å². The molecule has 100 valence electrons. The molecule has 2 N–H and O–H groups in total. The van der Waals surface area contributed by atoms with Crippen LogP contribution in [0, 0.1) is 0 Å². The molecule has 0 aliphatic carbocycles. The molecule has 18 heavy (non-hydrogen) atoms. The van der Waals surface area contributed by atoms with Gasteiger partial charge in [0.25, 0.3) is 0 Å². The summed E-state index contributed by atoms with van der Waals surface area (Å²) >= 11 is 2.05. The molecule has 0 saturated carbocycles. The molecule has 1 aromatic heterocycles. The van der Waals surface area contributed by atoms with E-state index in [1.807, 2.05) is 24.2 Å². The first kappa shape index (κ1) is 13.8. The van der Waals surface area contributed by atoms with Crippen molar-refractivity contribution in [3.8, 4) is 0 Å². The van der Waals surface area contributed by atoms with Crippen molar-refractivity contribution in [2.24, 2.45) is 5.73 Å². The van der Waals surface area contributed by atoms with Crippen LogP contribution >= 0.6 is 11.8 Å². The molecule has 1 aliphatic heterocycles. The summed E-state index contributed by atoms with van der Waals surface area (Å²) in [5, 5.41) is 0.630. The van der Waals surface area contributed by atoms with Gasteiger partial charge >= 0.3 is 0 Å². The molecule has 1 aromatic rings. The molecule has 0 radical (unpaired) electrons. The van der Waals surface area contributed by atoms with Crippen LogP contribution in [-0.4, -0.2) is 46.6 Å². The highest BCUT2D eigenvalue weighted by Crippen LogP contribution is 2.38. The lowest BCUT2D eigenvalue weighted by atomic mass is 9.90. The van der Waals surface area contributed by atoms with Gasteiger partial charge in [-0.15, -0.1) is 0 Å². The van der Waals surface area contributed by atoms with Gasteiger partial charge in [-0.3, -0.25) is 9.88 Å². The number of rotatable bonds is 5. The number of nitrogens with zero attached hydrogens (tertiary/aromatic N) is 2. The van der Waals surface area contributed by atoms with E-state index in [1.54, 1.807) is 0 Å². The number of likely N-dealkylation sites (N-methyl/N-ethyl adjacent to an activating group) is 1. The monoisotopic (exact) mass is 265 g/mol. The number of hydrogen-bond donors (Lipinski definition) is 1. The van der Waals surface area contributed by atoms with Gasteiger partial charge in [0.2, 0.25) is 0 Å². The zero-order chi connectivity index (χ0) is 13.0. The third-order valence-electron chi connectivity index (χ3n) is 4.26. The maximum Gasteiger partial charge on any atom is 0.0452 e. The minimum Gasteiger partial charge on any atom is -0.329 e. The van der Waals surface area contributed by atoms with Crippen LogP contribution in [0.5, 0.6) is 0 Å². The standard InChI is InChI=1S/C14H23N3S/c1-12-14(11-15,6-10-18-12)17(2)9-5-13-3-7-16-8-4-13/h3-4,7-8,12H,5-6,9-11,15H2,1-2H3. The number of pyridine rings is 1. The van der Waals surface area contributed by atoms with Crippen LogP contribution in [0.2, 0.25) is 0 Å². The summed E-state index contributed by atoms with van der Waals surface area (Å²) < 4.78 is 0. The second-order valence-electron chi connectivity index (χ2n) is 5.10. The molecule has 0 bridgehead atoms. The first-order chi connectivity index (χ1) is 8.69. The van der Waals surface area contributed by atoms with E-state index in [0.29, 0.717) is 5.25 Å². The first-order valence-corrected chi connectivity index (χ1v) is 7.66. The summed E-state index contributed by atoms with van der Waals surface area (Å²) in [4.78, 5) is 6.53. The maximum atomic E-state index is 6.06. The van der Waals surface area contributed by atoms with E-state index >= 15 is 0 Å². The molecule has 2 heterocycles. The van der Waals surface area contributed by atoms with E-state index in [-0.39, 0.29) is 5.54 Å². The van der Waals surface area contributed by atoms with Crippen molar-refractivity contribution in [2.45, 2.75) is 30.6 Å². The van der Waals surface area contributed by atoms with Crippen LogP contribution in [0.15, 0.2) is 24.5 Å². The maximum absolute atomic E-state index is 6.06. The highest BCUT2D eigenvalue weighted by Gasteiger charge is 2.42. The average molecular weight is 265 g/mol. The number of hydrogen-bond acceptors (Lipinski definition) is 4. The molecule has 1 fully saturated rings. The Hall–Kier alpha value is -0.580. The van der Waals surface area contributed by atoms with E-state index in [2.05, 4.69) is 36.0 Å². The normalized spacial score (nSPS) is 27.9. The Morgan fingerprint density at radius 3 is 2.78 bits per heavy atom. The molecule has 1 saturated heterocycles. The number of nitrogens with two attached hydrogens (primary N) is 1. The summed E-state index contributed by atoms with van der Waals surface area (Å²) in [6, 6.07) is 4.19. The van der Waals surface area contributed by atoms with Crippen molar-refractivity contribution in [2.75, 3.05) is 25.9 Å². The second kappa shape index (κ2) is 6.04. The summed E-state index contributed by atoms with van der Waals surface area (Å²) in [5.74, 6) is 1.23. The Labute approximate surface area is 114 Å². The fourth-order valence-electron chi connectivity index (χ4n) is 2.76. The smallest absolute Gasteiger partial charge is 0.0452 e. The largest absolute Gasteiger partial charge is 0.329 e. The predicted molar refractivity (Wildman–Crippen MR) is 78.9 cm³/mol. The molecular weight excluding hydrogens is 242 g/mol. The third kappa shape index (κ3) is 2.71. The van der Waals surface area contributed by atoms with Crippen LogP contribution in [0.1, 0.15) is 18.9 Å². The van der Waals surface area contributed by atoms with Gasteiger partial charge in [0.15, 0.2) is 0 Å². The predicted octanol–water partition coefficient (Wildman–Crippen LogP) is 1.78.